The maximum absolute atomic E-state index is 12.4. The summed E-state index contributed by atoms with van der Waals surface area (Å²) in [5.41, 5.74) is -0.0700. The highest BCUT2D eigenvalue weighted by atomic mass is 127. The molecule has 0 atom stereocenters. The van der Waals surface area contributed by atoms with Crippen LogP contribution in [0.2, 0.25) is 0 Å². The second-order valence-electron chi connectivity index (χ2n) is 2.11. The van der Waals surface area contributed by atoms with Crippen LogP contribution in [0.1, 0.15) is 17.7 Å². The van der Waals surface area contributed by atoms with Gasteiger partial charge in [0.1, 0.15) is 9.77 Å². The Morgan fingerprint density at radius 1 is 1.46 bits per heavy atom. The standard InChI is InChI=1S/C7H2F2I2N2/c8-7(9)3-1-5(10)13-4(2-12)6(3)11/h1,7H. The summed E-state index contributed by atoms with van der Waals surface area (Å²) in [5.74, 6) is 0. The number of aromatic nitrogens is 1. The first-order valence-corrected chi connectivity index (χ1v) is 5.26. The van der Waals surface area contributed by atoms with Crippen LogP contribution in [-0.2, 0) is 0 Å². The van der Waals surface area contributed by atoms with Crippen molar-refractivity contribution in [2.75, 3.05) is 0 Å². The monoisotopic (exact) mass is 406 g/mol. The Labute approximate surface area is 101 Å². The van der Waals surface area contributed by atoms with Gasteiger partial charge < -0.3 is 0 Å². The first-order chi connectivity index (χ1) is 6.06. The predicted molar refractivity (Wildman–Crippen MR) is 59.3 cm³/mol. The van der Waals surface area contributed by atoms with Gasteiger partial charge in [-0.2, -0.15) is 5.26 Å². The average Bonchev–Trinajstić information content (AvgIpc) is 2.08. The van der Waals surface area contributed by atoms with E-state index in [1.165, 1.54) is 6.07 Å². The van der Waals surface area contributed by atoms with Gasteiger partial charge >= 0.3 is 0 Å². The number of alkyl halides is 2. The van der Waals surface area contributed by atoms with Crippen LogP contribution in [0.5, 0.6) is 0 Å². The summed E-state index contributed by atoms with van der Waals surface area (Å²) >= 11 is 3.51. The Morgan fingerprint density at radius 3 is 2.54 bits per heavy atom. The Kier molecular flexibility index (Phi) is 3.78. The van der Waals surface area contributed by atoms with Crippen LogP contribution in [0.25, 0.3) is 0 Å². The number of halogens is 4. The van der Waals surface area contributed by atoms with E-state index >= 15 is 0 Å². The van der Waals surface area contributed by atoms with E-state index in [1.807, 2.05) is 0 Å². The Balaban J connectivity index is 3.38. The Bertz CT molecular complexity index is 373. The highest BCUT2D eigenvalue weighted by Crippen LogP contribution is 2.26. The third-order valence-electron chi connectivity index (χ3n) is 1.30. The van der Waals surface area contributed by atoms with Gasteiger partial charge in [0.25, 0.3) is 6.43 Å². The molecule has 0 amide bonds. The third kappa shape index (κ3) is 2.46. The number of hydrogen-bond acceptors (Lipinski definition) is 2. The molecule has 0 aliphatic carbocycles. The van der Waals surface area contributed by atoms with Gasteiger partial charge in [0.15, 0.2) is 5.69 Å². The van der Waals surface area contributed by atoms with Gasteiger partial charge in [0.05, 0.1) is 3.57 Å². The maximum Gasteiger partial charge on any atom is 0.265 e. The molecule has 0 aliphatic heterocycles. The molecule has 1 aromatic rings. The van der Waals surface area contributed by atoms with E-state index in [0.717, 1.165) is 0 Å². The van der Waals surface area contributed by atoms with Crippen molar-refractivity contribution in [3.8, 4) is 6.07 Å². The number of rotatable bonds is 1. The van der Waals surface area contributed by atoms with E-state index in [0.29, 0.717) is 3.70 Å². The molecule has 0 bridgehead atoms. The molecule has 0 saturated heterocycles. The lowest BCUT2D eigenvalue weighted by atomic mass is 10.2. The number of nitriles is 1. The largest absolute Gasteiger partial charge is 0.265 e. The molecule has 0 saturated carbocycles. The van der Waals surface area contributed by atoms with Crippen molar-refractivity contribution in [1.29, 1.82) is 5.26 Å². The lowest BCUT2D eigenvalue weighted by molar-refractivity contribution is 0.150. The number of pyridine rings is 1. The Morgan fingerprint density at radius 2 is 2.08 bits per heavy atom. The highest BCUT2D eigenvalue weighted by molar-refractivity contribution is 14.1. The molecule has 0 unspecified atom stereocenters. The van der Waals surface area contributed by atoms with Crippen LogP contribution >= 0.6 is 45.2 Å². The summed E-state index contributed by atoms with van der Waals surface area (Å²) in [6.45, 7) is 0. The van der Waals surface area contributed by atoms with E-state index in [4.69, 9.17) is 5.26 Å². The lowest BCUT2D eigenvalue weighted by Gasteiger charge is -2.04. The van der Waals surface area contributed by atoms with Gasteiger partial charge in [0.2, 0.25) is 0 Å². The zero-order valence-corrected chi connectivity index (χ0v) is 10.4. The molecule has 0 aliphatic rings. The SMILES string of the molecule is N#Cc1nc(I)cc(C(F)F)c1I. The summed E-state index contributed by atoms with van der Waals surface area (Å²) in [6.07, 6.45) is -2.56. The molecule has 2 nitrogen and oxygen atoms in total. The summed E-state index contributed by atoms with van der Waals surface area (Å²) in [4.78, 5) is 3.82. The molecule has 0 aromatic carbocycles. The van der Waals surface area contributed by atoms with Crippen LogP contribution in [0.3, 0.4) is 0 Å². The van der Waals surface area contributed by atoms with Gasteiger partial charge in [-0.1, -0.05) is 0 Å². The average molecular weight is 406 g/mol. The van der Waals surface area contributed by atoms with Crippen LogP contribution in [-0.4, -0.2) is 4.98 Å². The van der Waals surface area contributed by atoms with Crippen LogP contribution < -0.4 is 0 Å². The second-order valence-corrected chi connectivity index (χ2v) is 4.29. The fraction of sp³-hybridized carbons (Fsp3) is 0.143. The molecule has 6 heteroatoms. The molecule has 0 spiro atoms. The lowest BCUT2D eigenvalue weighted by Crippen LogP contribution is -1.98. The minimum absolute atomic E-state index is 0.0581. The number of hydrogen-bond donors (Lipinski definition) is 0. The van der Waals surface area contributed by atoms with Gasteiger partial charge in [-0.05, 0) is 51.2 Å². The van der Waals surface area contributed by atoms with Crippen LogP contribution in [0.15, 0.2) is 6.07 Å². The van der Waals surface area contributed by atoms with Crippen LogP contribution in [0, 0.1) is 18.6 Å². The molecular formula is C7H2F2I2N2. The van der Waals surface area contributed by atoms with Gasteiger partial charge in [-0.15, -0.1) is 0 Å². The van der Waals surface area contributed by atoms with Crippen molar-refractivity contribution in [3.05, 3.63) is 24.6 Å². The van der Waals surface area contributed by atoms with Crippen molar-refractivity contribution in [3.63, 3.8) is 0 Å². The minimum Gasteiger partial charge on any atom is -0.230 e. The first kappa shape index (κ1) is 11.0. The zero-order valence-electron chi connectivity index (χ0n) is 6.06. The van der Waals surface area contributed by atoms with E-state index in [1.54, 1.807) is 51.3 Å². The van der Waals surface area contributed by atoms with Crippen molar-refractivity contribution in [2.45, 2.75) is 6.43 Å². The molecule has 1 rings (SSSR count). The molecule has 68 valence electrons. The summed E-state index contributed by atoms with van der Waals surface area (Å²) in [5, 5.41) is 8.58. The number of nitrogens with zero attached hydrogens (tertiary/aromatic N) is 2. The van der Waals surface area contributed by atoms with Crippen molar-refractivity contribution >= 4 is 45.2 Å². The first-order valence-electron chi connectivity index (χ1n) is 3.10. The molecule has 0 N–H and O–H groups in total. The van der Waals surface area contributed by atoms with Crippen LogP contribution in [0.4, 0.5) is 8.78 Å². The molecule has 0 fully saturated rings. The topological polar surface area (TPSA) is 36.7 Å². The molecule has 0 radical (unpaired) electrons. The van der Waals surface area contributed by atoms with E-state index in [9.17, 15) is 8.78 Å². The van der Waals surface area contributed by atoms with Crippen molar-refractivity contribution < 1.29 is 8.78 Å². The van der Waals surface area contributed by atoms with E-state index in [-0.39, 0.29) is 14.8 Å². The predicted octanol–water partition coefficient (Wildman–Crippen LogP) is 3.10. The van der Waals surface area contributed by atoms with Gasteiger partial charge in [-0.25, -0.2) is 13.8 Å². The second kappa shape index (κ2) is 4.45. The zero-order chi connectivity index (χ0) is 10.0. The quantitative estimate of drug-likeness (QED) is 0.531. The van der Waals surface area contributed by atoms with Crippen molar-refractivity contribution in [2.24, 2.45) is 0 Å². The molecule has 1 heterocycles. The van der Waals surface area contributed by atoms with Gasteiger partial charge in [0, 0.05) is 5.56 Å². The highest BCUT2D eigenvalue weighted by Gasteiger charge is 2.16. The molecule has 13 heavy (non-hydrogen) atoms. The molecule has 1 aromatic heterocycles. The molecular weight excluding hydrogens is 404 g/mol. The van der Waals surface area contributed by atoms with Crippen molar-refractivity contribution in [1.82, 2.24) is 4.98 Å². The normalized spacial score (nSPS) is 10.2. The Hall–Kier alpha value is -0.0400. The maximum atomic E-state index is 12.4. The minimum atomic E-state index is -2.56. The van der Waals surface area contributed by atoms with E-state index < -0.39 is 6.43 Å². The van der Waals surface area contributed by atoms with Gasteiger partial charge in [-0.3, -0.25) is 0 Å². The third-order valence-corrected chi connectivity index (χ3v) is 2.98. The fourth-order valence-electron chi connectivity index (χ4n) is 0.749. The smallest absolute Gasteiger partial charge is 0.230 e. The summed E-state index contributed by atoms with van der Waals surface area (Å²) in [7, 11) is 0. The fourth-order valence-corrected chi connectivity index (χ4v) is 1.96. The summed E-state index contributed by atoms with van der Waals surface area (Å²) < 4.78 is 25.4. The summed E-state index contributed by atoms with van der Waals surface area (Å²) in [6, 6.07) is 3.06. The van der Waals surface area contributed by atoms with E-state index in [2.05, 4.69) is 4.98 Å².